The first kappa shape index (κ1) is 22.3. The van der Waals surface area contributed by atoms with Crippen LogP contribution in [0.25, 0.3) is 0 Å². The molecule has 0 amide bonds. The Bertz CT molecular complexity index is 883. The van der Waals surface area contributed by atoms with E-state index in [0.29, 0.717) is 6.54 Å². The minimum atomic E-state index is 0.498. The summed E-state index contributed by atoms with van der Waals surface area (Å²) in [4.78, 5) is 7.19. The molecule has 0 bridgehead atoms. The number of aromatic nitrogens is 3. The van der Waals surface area contributed by atoms with Gasteiger partial charge in [-0.25, -0.2) is 4.99 Å². The maximum atomic E-state index is 5.50. The molecular weight excluding hydrogens is 400 g/mol. The van der Waals surface area contributed by atoms with Gasteiger partial charge in [0.25, 0.3) is 0 Å². The molecule has 0 saturated carbocycles. The van der Waals surface area contributed by atoms with E-state index in [0.717, 1.165) is 67.3 Å². The molecule has 164 valence electrons. The average Bonchev–Trinajstić information content (AvgIpc) is 3.09. The van der Waals surface area contributed by atoms with Gasteiger partial charge < -0.3 is 24.3 Å². The van der Waals surface area contributed by atoms with Crippen LogP contribution in [0.15, 0.2) is 17.1 Å². The zero-order valence-electron chi connectivity index (χ0n) is 18.6. The third-order valence-electron chi connectivity index (χ3n) is 5.38. The number of nitrogens with one attached hydrogen (secondary N) is 1. The zero-order valence-corrected chi connectivity index (χ0v) is 19.4. The summed E-state index contributed by atoms with van der Waals surface area (Å²) in [7, 11) is 5.33. The number of guanidine groups is 1. The van der Waals surface area contributed by atoms with E-state index in [1.165, 1.54) is 11.1 Å². The summed E-state index contributed by atoms with van der Waals surface area (Å²) in [6.45, 7) is 5.02. The summed E-state index contributed by atoms with van der Waals surface area (Å²) in [5.41, 5.74) is 2.54. The zero-order chi connectivity index (χ0) is 21.5. The van der Waals surface area contributed by atoms with E-state index in [2.05, 4.69) is 38.8 Å². The molecule has 9 heteroatoms. The van der Waals surface area contributed by atoms with Crippen molar-refractivity contribution in [3.8, 4) is 11.5 Å². The molecule has 0 radical (unpaired) electrons. The van der Waals surface area contributed by atoms with Gasteiger partial charge in [0.2, 0.25) is 0 Å². The lowest BCUT2D eigenvalue weighted by molar-refractivity contribution is 0.345. The predicted octanol–water partition coefficient (Wildman–Crippen LogP) is 2.40. The standard InChI is InChI=1S/C21H32N6O2S/c1-15-24-25-20(26(15)2)13-23-21(22-8-6-10-30-5)27-9-7-16-11-18(28-3)19(29-4)12-17(16)14-27/h11-12H,6-10,13-14H2,1-5H3,(H,22,23). The van der Waals surface area contributed by atoms with E-state index in [1.807, 2.05) is 30.3 Å². The molecule has 2 heterocycles. The van der Waals surface area contributed by atoms with Crippen molar-refractivity contribution in [3.63, 3.8) is 0 Å². The largest absolute Gasteiger partial charge is 0.493 e. The molecule has 0 aliphatic carbocycles. The highest BCUT2D eigenvalue weighted by molar-refractivity contribution is 7.98. The number of benzene rings is 1. The maximum Gasteiger partial charge on any atom is 0.194 e. The Hall–Kier alpha value is -2.42. The number of aliphatic imine (C=N–C) groups is 1. The molecule has 3 rings (SSSR count). The normalized spacial score (nSPS) is 13.9. The van der Waals surface area contributed by atoms with Crippen LogP contribution in [0.3, 0.4) is 0 Å². The van der Waals surface area contributed by atoms with Gasteiger partial charge in [-0.05, 0) is 55.0 Å². The molecule has 1 aromatic heterocycles. The number of rotatable bonds is 8. The topological polar surface area (TPSA) is 76.8 Å². The number of thioether (sulfide) groups is 1. The summed E-state index contributed by atoms with van der Waals surface area (Å²) < 4.78 is 12.9. The predicted molar refractivity (Wildman–Crippen MR) is 122 cm³/mol. The van der Waals surface area contributed by atoms with Crippen LogP contribution in [0, 0.1) is 6.92 Å². The highest BCUT2D eigenvalue weighted by Gasteiger charge is 2.22. The number of aryl methyl sites for hydroxylation is 1. The van der Waals surface area contributed by atoms with Gasteiger partial charge in [-0.15, -0.1) is 10.2 Å². The minimum Gasteiger partial charge on any atom is -0.493 e. The van der Waals surface area contributed by atoms with E-state index < -0.39 is 0 Å². The van der Waals surface area contributed by atoms with E-state index in [1.54, 1.807) is 14.2 Å². The summed E-state index contributed by atoms with van der Waals surface area (Å²) in [5, 5.41) is 11.9. The molecular formula is C21H32N6O2S. The fourth-order valence-corrected chi connectivity index (χ4v) is 3.92. The number of methoxy groups -OCH3 is 2. The van der Waals surface area contributed by atoms with E-state index in [4.69, 9.17) is 14.5 Å². The molecule has 0 spiro atoms. The first-order valence-corrected chi connectivity index (χ1v) is 11.6. The number of hydrogen-bond acceptors (Lipinski definition) is 6. The lowest BCUT2D eigenvalue weighted by Gasteiger charge is -2.32. The van der Waals surface area contributed by atoms with E-state index in [-0.39, 0.29) is 0 Å². The third kappa shape index (κ3) is 5.19. The second kappa shape index (κ2) is 10.6. The van der Waals surface area contributed by atoms with Gasteiger partial charge in [0.1, 0.15) is 12.4 Å². The number of ether oxygens (including phenoxy) is 2. The van der Waals surface area contributed by atoms with E-state index >= 15 is 0 Å². The van der Waals surface area contributed by atoms with Crippen molar-refractivity contribution in [2.75, 3.05) is 39.3 Å². The molecule has 1 aliphatic rings. The fraction of sp³-hybridized carbons (Fsp3) is 0.571. The highest BCUT2D eigenvalue weighted by atomic mass is 32.2. The molecule has 0 saturated heterocycles. The Labute approximate surface area is 183 Å². The fourth-order valence-electron chi connectivity index (χ4n) is 3.48. The number of hydrogen-bond donors (Lipinski definition) is 1. The van der Waals surface area contributed by atoms with Crippen molar-refractivity contribution >= 4 is 17.7 Å². The smallest absolute Gasteiger partial charge is 0.194 e. The van der Waals surface area contributed by atoms with Crippen molar-refractivity contribution in [1.82, 2.24) is 25.0 Å². The monoisotopic (exact) mass is 432 g/mol. The molecule has 1 N–H and O–H groups in total. The Morgan fingerprint density at radius 1 is 1.20 bits per heavy atom. The van der Waals surface area contributed by atoms with Gasteiger partial charge in [0.05, 0.1) is 14.2 Å². The maximum absolute atomic E-state index is 5.50. The van der Waals surface area contributed by atoms with Crippen LogP contribution in [-0.4, -0.2) is 64.9 Å². The first-order chi connectivity index (χ1) is 14.6. The average molecular weight is 433 g/mol. The Morgan fingerprint density at radius 3 is 2.57 bits per heavy atom. The quantitative estimate of drug-likeness (QED) is 0.390. The lowest BCUT2D eigenvalue weighted by atomic mass is 9.99. The molecule has 0 fully saturated rings. The summed E-state index contributed by atoms with van der Waals surface area (Å²) in [6.07, 6.45) is 4.16. The molecule has 1 aromatic carbocycles. The second-order valence-corrected chi connectivity index (χ2v) is 8.27. The molecule has 1 aliphatic heterocycles. The Balaban J connectivity index is 1.79. The third-order valence-corrected chi connectivity index (χ3v) is 6.08. The van der Waals surface area contributed by atoms with Crippen molar-refractivity contribution in [2.24, 2.45) is 12.0 Å². The van der Waals surface area contributed by atoms with Crippen LogP contribution in [0.4, 0.5) is 0 Å². The van der Waals surface area contributed by atoms with Gasteiger partial charge in [-0.1, -0.05) is 0 Å². The summed E-state index contributed by atoms with van der Waals surface area (Å²) in [6, 6.07) is 4.17. The summed E-state index contributed by atoms with van der Waals surface area (Å²) in [5.74, 6) is 5.34. The Kier molecular flexibility index (Phi) is 7.84. The van der Waals surface area contributed by atoms with Gasteiger partial charge in [0.15, 0.2) is 23.3 Å². The van der Waals surface area contributed by atoms with Gasteiger partial charge in [-0.3, -0.25) is 0 Å². The van der Waals surface area contributed by atoms with Gasteiger partial charge in [-0.2, -0.15) is 11.8 Å². The molecule has 2 aromatic rings. The molecule has 8 nitrogen and oxygen atoms in total. The van der Waals surface area contributed by atoms with Crippen LogP contribution in [0.2, 0.25) is 0 Å². The van der Waals surface area contributed by atoms with Crippen LogP contribution in [0.1, 0.15) is 29.2 Å². The summed E-state index contributed by atoms with van der Waals surface area (Å²) >= 11 is 1.86. The van der Waals surface area contributed by atoms with Crippen LogP contribution in [0.5, 0.6) is 11.5 Å². The minimum absolute atomic E-state index is 0.498. The van der Waals surface area contributed by atoms with Crippen LogP contribution >= 0.6 is 11.8 Å². The number of fused-ring (bicyclic) bond motifs is 1. The second-order valence-electron chi connectivity index (χ2n) is 7.28. The van der Waals surface area contributed by atoms with Gasteiger partial charge >= 0.3 is 0 Å². The lowest BCUT2D eigenvalue weighted by Crippen LogP contribution is -2.44. The SMILES string of the molecule is COc1cc2c(cc1OC)CN(C(=NCc1nnc(C)n1C)NCCCSC)CC2. The highest BCUT2D eigenvalue weighted by Crippen LogP contribution is 2.33. The molecule has 0 unspecified atom stereocenters. The van der Waals surface area contributed by atoms with E-state index in [9.17, 15) is 0 Å². The van der Waals surface area contributed by atoms with Crippen molar-refractivity contribution in [2.45, 2.75) is 32.9 Å². The van der Waals surface area contributed by atoms with Crippen molar-refractivity contribution in [3.05, 3.63) is 34.9 Å². The van der Waals surface area contributed by atoms with Crippen molar-refractivity contribution < 1.29 is 9.47 Å². The first-order valence-electron chi connectivity index (χ1n) is 10.2. The van der Waals surface area contributed by atoms with Crippen LogP contribution in [-0.2, 0) is 26.6 Å². The molecule has 30 heavy (non-hydrogen) atoms. The Morgan fingerprint density at radius 2 is 1.93 bits per heavy atom. The van der Waals surface area contributed by atoms with Crippen LogP contribution < -0.4 is 14.8 Å². The number of nitrogens with zero attached hydrogens (tertiary/aromatic N) is 5. The van der Waals surface area contributed by atoms with Gasteiger partial charge in [0, 0.05) is 26.7 Å². The van der Waals surface area contributed by atoms with Crippen molar-refractivity contribution in [1.29, 1.82) is 0 Å². The molecule has 0 atom stereocenters.